The normalized spacial score (nSPS) is 20.7. The van der Waals surface area contributed by atoms with Gasteiger partial charge in [-0.1, -0.05) is 6.07 Å². The first-order valence-corrected chi connectivity index (χ1v) is 10.7. The molecular formula is C24H27N3O3. The number of nitrogens with zero attached hydrogens (tertiary/aromatic N) is 3. The third-order valence-corrected chi connectivity index (χ3v) is 6.23. The Kier molecular flexibility index (Phi) is 4.95. The molecule has 156 valence electrons. The molecule has 2 atom stereocenters. The first-order valence-electron chi connectivity index (χ1n) is 10.7. The zero-order chi connectivity index (χ0) is 20.7. The summed E-state index contributed by atoms with van der Waals surface area (Å²) < 4.78 is 13.5. The molecule has 2 aromatic heterocycles. The van der Waals surface area contributed by atoms with Crippen molar-refractivity contribution in [2.45, 2.75) is 39.3 Å². The fraction of sp³-hybridized carbons (Fsp3) is 0.417. The van der Waals surface area contributed by atoms with Crippen LogP contribution in [-0.2, 0) is 13.1 Å². The van der Waals surface area contributed by atoms with Gasteiger partial charge < -0.3 is 13.7 Å². The quantitative estimate of drug-likeness (QED) is 0.646. The molecule has 2 aliphatic heterocycles. The molecule has 3 aromatic rings. The molecule has 2 bridgehead atoms. The van der Waals surface area contributed by atoms with Crippen molar-refractivity contribution in [3.05, 3.63) is 70.0 Å². The summed E-state index contributed by atoms with van der Waals surface area (Å²) >= 11 is 0. The minimum Gasteiger partial charge on any atom is -0.494 e. The molecule has 6 heteroatoms. The van der Waals surface area contributed by atoms with E-state index in [4.69, 9.17) is 14.1 Å². The minimum absolute atomic E-state index is 0.128. The summed E-state index contributed by atoms with van der Waals surface area (Å²) in [6, 6.07) is 13.5. The largest absolute Gasteiger partial charge is 0.494 e. The highest BCUT2D eigenvalue weighted by molar-refractivity contribution is 5.55. The molecule has 0 amide bonds. The fourth-order valence-corrected chi connectivity index (χ4v) is 4.90. The summed E-state index contributed by atoms with van der Waals surface area (Å²) in [7, 11) is 0. The van der Waals surface area contributed by atoms with Gasteiger partial charge >= 0.3 is 0 Å². The van der Waals surface area contributed by atoms with Crippen molar-refractivity contribution in [3.63, 3.8) is 0 Å². The van der Waals surface area contributed by atoms with Crippen molar-refractivity contribution in [1.82, 2.24) is 14.5 Å². The van der Waals surface area contributed by atoms with E-state index in [0.717, 1.165) is 55.4 Å². The summed E-state index contributed by atoms with van der Waals surface area (Å²) in [6.07, 6.45) is 1.16. The first-order chi connectivity index (χ1) is 14.6. The van der Waals surface area contributed by atoms with E-state index >= 15 is 0 Å². The van der Waals surface area contributed by atoms with E-state index in [2.05, 4.69) is 11.0 Å². The maximum atomic E-state index is 12.2. The molecule has 1 fully saturated rings. The lowest BCUT2D eigenvalue weighted by molar-refractivity contribution is 0.113. The molecule has 0 spiro atoms. The van der Waals surface area contributed by atoms with Gasteiger partial charge in [0.1, 0.15) is 11.5 Å². The Morgan fingerprint density at radius 1 is 1.13 bits per heavy atom. The van der Waals surface area contributed by atoms with Crippen molar-refractivity contribution in [1.29, 1.82) is 0 Å². The van der Waals surface area contributed by atoms with Crippen molar-refractivity contribution >= 4 is 0 Å². The number of hydrogen-bond donors (Lipinski definition) is 0. The number of pyridine rings is 1. The number of oxazole rings is 1. The molecular weight excluding hydrogens is 378 g/mol. The third kappa shape index (κ3) is 3.56. The zero-order valence-electron chi connectivity index (χ0n) is 17.5. The Hall–Kier alpha value is -2.86. The monoisotopic (exact) mass is 405 g/mol. The van der Waals surface area contributed by atoms with E-state index in [1.807, 2.05) is 48.7 Å². The Morgan fingerprint density at radius 3 is 2.77 bits per heavy atom. The Labute approximate surface area is 176 Å². The van der Waals surface area contributed by atoms with Crippen LogP contribution >= 0.6 is 0 Å². The minimum atomic E-state index is 0.128. The van der Waals surface area contributed by atoms with Crippen molar-refractivity contribution in [3.8, 4) is 17.2 Å². The first kappa shape index (κ1) is 19.1. The topological polar surface area (TPSA) is 60.5 Å². The van der Waals surface area contributed by atoms with Gasteiger partial charge in [0.05, 0.1) is 12.3 Å². The molecule has 1 aromatic carbocycles. The average molecular weight is 405 g/mol. The summed E-state index contributed by atoms with van der Waals surface area (Å²) in [5.41, 5.74) is 3.25. The van der Waals surface area contributed by atoms with Crippen LogP contribution in [0.3, 0.4) is 0 Å². The van der Waals surface area contributed by atoms with E-state index in [0.29, 0.717) is 24.3 Å². The van der Waals surface area contributed by atoms with Crippen molar-refractivity contribution in [2.75, 3.05) is 19.7 Å². The van der Waals surface area contributed by atoms with Gasteiger partial charge in [0.25, 0.3) is 5.56 Å². The molecule has 30 heavy (non-hydrogen) atoms. The molecule has 2 unspecified atom stereocenters. The zero-order valence-corrected chi connectivity index (χ0v) is 17.5. The predicted octanol–water partition coefficient (Wildman–Crippen LogP) is 3.83. The van der Waals surface area contributed by atoms with Crippen LogP contribution in [-0.4, -0.2) is 34.1 Å². The molecule has 0 radical (unpaired) electrons. The highest BCUT2D eigenvalue weighted by Gasteiger charge is 2.34. The second-order valence-electron chi connectivity index (χ2n) is 8.37. The second kappa shape index (κ2) is 7.76. The van der Waals surface area contributed by atoms with Crippen LogP contribution in [0.4, 0.5) is 0 Å². The van der Waals surface area contributed by atoms with Crippen molar-refractivity contribution < 1.29 is 9.15 Å². The van der Waals surface area contributed by atoms with Gasteiger partial charge in [0.15, 0.2) is 0 Å². The maximum Gasteiger partial charge on any atom is 0.250 e. The van der Waals surface area contributed by atoms with Gasteiger partial charge in [-0.2, -0.15) is 0 Å². The SMILES string of the molecule is CCOc1ccc(-c2nc(CN3CC4CC(C3)c3cccc(=O)n3C4)c(C)o2)cc1. The lowest BCUT2D eigenvalue weighted by atomic mass is 9.83. The van der Waals surface area contributed by atoms with Crippen LogP contribution in [0.5, 0.6) is 5.75 Å². The summed E-state index contributed by atoms with van der Waals surface area (Å²) in [6.45, 7) is 8.14. The number of benzene rings is 1. The summed E-state index contributed by atoms with van der Waals surface area (Å²) in [4.78, 5) is 19.5. The Balaban J connectivity index is 1.33. The smallest absolute Gasteiger partial charge is 0.250 e. The number of aromatic nitrogens is 2. The summed E-state index contributed by atoms with van der Waals surface area (Å²) in [5.74, 6) is 3.29. The van der Waals surface area contributed by atoms with E-state index in [-0.39, 0.29) is 5.56 Å². The van der Waals surface area contributed by atoms with Crippen molar-refractivity contribution in [2.24, 2.45) is 5.92 Å². The molecule has 4 heterocycles. The molecule has 2 aliphatic rings. The van der Waals surface area contributed by atoms with Gasteiger partial charge in [-0.3, -0.25) is 9.69 Å². The molecule has 6 nitrogen and oxygen atoms in total. The number of ether oxygens (including phenoxy) is 1. The standard InChI is InChI=1S/C24H27N3O3/c1-3-29-20-9-7-18(8-10-20)24-25-21(16(2)30-24)15-26-12-17-11-19(14-26)22-5-4-6-23(28)27(22)13-17/h4-10,17,19H,3,11-15H2,1-2H3. The third-order valence-electron chi connectivity index (χ3n) is 6.23. The number of hydrogen-bond acceptors (Lipinski definition) is 5. The van der Waals surface area contributed by atoms with Crippen LogP contribution in [0.1, 0.15) is 36.4 Å². The van der Waals surface area contributed by atoms with E-state index in [9.17, 15) is 4.79 Å². The number of likely N-dealkylation sites (tertiary alicyclic amines) is 1. The number of piperidine rings is 1. The lowest BCUT2D eigenvalue weighted by Crippen LogP contribution is -2.46. The number of fused-ring (bicyclic) bond motifs is 4. The molecule has 1 saturated heterocycles. The van der Waals surface area contributed by atoms with Gasteiger partial charge in [0.2, 0.25) is 5.89 Å². The van der Waals surface area contributed by atoms with Gasteiger partial charge in [-0.25, -0.2) is 4.98 Å². The molecule has 5 rings (SSSR count). The van der Waals surface area contributed by atoms with Gasteiger partial charge in [-0.15, -0.1) is 0 Å². The summed E-state index contributed by atoms with van der Waals surface area (Å²) in [5, 5.41) is 0. The number of rotatable bonds is 5. The van der Waals surface area contributed by atoms with Gasteiger partial charge in [-0.05, 0) is 56.5 Å². The highest BCUT2D eigenvalue weighted by atomic mass is 16.5. The number of aryl methyl sites for hydroxylation is 1. The Bertz CT molecular complexity index is 1100. The van der Waals surface area contributed by atoms with Crippen LogP contribution in [0, 0.1) is 12.8 Å². The molecule has 0 saturated carbocycles. The van der Waals surface area contributed by atoms with Crippen LogP contribution in [0.2, 0.25) is 0 Å². The lowest BCUT2D eigenvalue weighted by Gasteiger charge is -2.42. The second-order valence-corrected chi connectivity index (χ2v) is 8.37. The van der Waals surface area contributed by atoms with E-state index < -0.39 is 0 Å². The Morgan fingerprint density at radius 2 is 1.97 bits per heavy atom. The highest BCUT2D eigenvalue weighted by Crippen LogP contribution is 2.36. The average Bonchev–Trinajstić information content (AvgIpc) is 3.10. The predicted molar refractivity (Wildman–Crippen MR) is 115 cm³/mol. The molecule has 0 N–H and O–H groups in total. The molecule has 0 aliphatic carbocycles. The van der Waals surface area contributed by atoms with Crippen LogP contribution in [0.15, 0.2) is 51.7 Å². The van der Waals surface area contributed by atoms with Crippen LogP contribution in [0.25, 0.3) is 11.5 Å². The fourth-order valence-electron chi connectivity index (χ4n) is 4.90. The van der Waals surface area contributed by atoms with Gasteiger partial charge in [0, 0.05) is 49.4 Å². The maximum absolute atomic E-state index is 12.2. The van der Waals surface area contributed by atoms with Crippen LogP contribution < -0.4 is 10.3 Å². The van der Waals surface area contributed by atoms with E-state index in [1.54, 1.807) is 6.07 Å². The van der Waals surface area contributed by atoms with E-state index in [1.165, 1.54) is 5.69 Å².